The van der Waals surface area contributed by atoms with Crippen molar-refractivity contribution in [3.8, 4) is 28.7 Å². The lowest BCUT2D eigenvalue weighted by molar-refractivity contribution is 0.401. The molecule has 0 aliphatic heterocycles. The summed E-state index contributed by atoms with van der Waals surface area (Å²) in [6.07, 6.45) is 0. The summed E-state index contributed by atoms with van der Waals surface area (Å²) in [6, 6.07) is 6.10. The summed E-state index contributed by atoms with van der Waals surface area (Å²) in [6.45, 7) is 3.07. The van der Waals surface area contributed by atoms with Gasteiger partial charge in [-0.3, -0.25) is 0 Å². The Morgan fingerprint density at radius 3 is 1.71 bits per heavy atom. The van der Waals surface area contributed by atoms with Crippen LogP contribution in [0.2, 0.25) is 0 Å². The van der Waals surface area contributed by atoms with E-state index in [0.29, 0.717) is 11.0 Å². The predicted molar refractivity (Wildman–Crippen MR) is 104 cm³/mol. The van der Waals surface area contributed by atoms with Gasteiger partial charge in [0.25, 0.3) is 0 Å². The number of hydrogen-bond acceptors (Lipinski definition) is 5. The molecule has 0 atom stereocenters. The minimum Gasteiger partial charge on any atom is -0.509 e. The Kier molecular flexibility index (Phi) is 6.29. The molecule has 0 fully saturated rings. The lowest BCUT2D eigenvalue weighted by atomic mass is 9.86. The van der Waals surface area contributed by atoms with Crippen LogP contribution in [0.1, 0.15) is 11.1 Å². The number of aromatic hydroxyl groups is 5. The first-order valence-electron chi connectivity index (χ1n) is 7.45. The van der Waals surface area contributed by atoms with E-state index in [4.69, 9.17) is 0 Å². The number of rotatable bonds is 0. The van der Waals surface area contributed by atoms with Crippen LogP contribution in [-0.4, -0.2) is 49.1 Å². The Labute approximate surface area is 144 Å². The monoisotopic (exact) mass is 326 g/mol. The smallest absolute Gasteiger partial charge is 0.160 e. The Morgan fingerprint density at radius 1 is 0.625 bits per heavy atom. The summed E-state index contributed by atoms with van der Waals surface area (Å²) >= 11 is 0. The maximum Gasteiger partial charge on any atom is 0.160 e. The molecule has 5 nitrogen and oxygen atoms in total. The molecule has 1 aromatic carbocycles. The molecule has 124 valence electrons. The van der Waals surface area contributed by atoms with Crippen molar-refractivity contribution < 1.29 is 25.5 Å². The van der Waals surface area contributed by atoms with E-state index in [-0.39, 0.29) is 33.7 Å². The van der Waals surface area contributed by atoms with Gasteiger partial charge in [-0.2, -0.15) is 0 Å². The van der Waals surface area contributed by atoms with Crippen LogP contribution in [0, 0.1) is 13.8 Å². The molecule has 0 radical (unpaired) electrons. The molecule has 5 N–H and O–H groups in total. The molecule has 0 aliphatic carbocycles. The van der Waals surface area contributed by atoms with Crippen LogP contribution in [0.5, 0.6) is 28.7 Å². The number of hydrogen-bond donors (Lipinski definition) is 5. The van der Waals surface area contributed by atoms with Gasteiger partial charge >= 0.3 is 0 Å². The Hall–Kier alpha value is -2.63. The second-order valence-corrected chi connectivity index (χ2v) is 5.68. The Bertz CT molecular complexity index is 726. The fourth-order valence-corrected chi connectivity index (χ4v) is 2.07. The zero-order chi connectivity index (χ0) is 18.6. The maximum atomic E-state index is 10.3. The maximum absolute atomic E-state index is 10.3. The summed E-state index contributed by atoms with van der Waals surface area (Å²) in [5, 5.41) is 50.9. The van der Waals surface area contributed by atoms with Gasteiger partial charge in [0.15, 0.2) is 11.5 Å². The molecule has 0 spiro atoms. The molecular formula is C16H21B3O5. The van der Waals surface area contributed by atoms with E-state index in [1.54, 1.807) is 34.7 Å². The summed E-state index contributed by atoms with van der Waals surface area (Å²) < 4.78 is 0. The molecule has 0 amide bonds. The third kappa shape index (κ3) is 4.01. The fraction of sp³-hybridized carbons (Fsp3) is 0.125. The largest absolute Gasteiger partial charge is 0.509 e. The lowest BCUT2D eigenvalue weighted by Gasteiger charge is -2.08. The SMILES string of the molecule is Bc1ccccc(O)c(B)c(O)c(O)c(C)c(C)c(O)c(B)c1O. The van der Waals surface area contributed by atoms with Crippen LogP contribution >= 0.6 is 0 Å². The normalized spacial score (nSPS) is 9.75. The van der Waals surface area contributed by atoms with Crippen molar-refractivity contribution >= 4 is 39.9 Å². The van der Waals surface area contributed by atoms with Gasteiger partial charge in [0, 0.05) is 5.56 Å². The molecule has 0 saturated carbocycles. The average Bonchev–Trinajstić information content (AvgIpc) is 2.58. The van der Waals surface area contributed by atoms with Crippen molar-refractivity contribution in [1.29, 1.82) is 0 Å². The van der Waals surface area contributed by atoms with Gasteiger partial charge in [0.2, 0.25) is 0 Å². The fourth-order valence-electron chi connectivity index (χ4n) is 2.07. The van der Waals surface area contributed by atoms with E-state index in [2.05, 4.69) is 0 Å². The molecule has 0 aliphatic rings. The predicted octanol–water partition coefficient (Wildman–Crippen LogP) is -2.14. The van der Waals surface area contributed by atoms with Crippen molar-refractivity contribution in [3.63, 3.8) is 0 Å². The highest BCUT2D eigenvalue weighted by molar-refractivity contribution is 6.41. The minimum absolute atomic E-state index is 0.0926. The van der Waals surface area contributed by atoms with Gasteiger partial charge in [-0.05, 0) is 41.9 Å². The van der Waals surface area contributed by atoms with Crippen molar-refractivity contribution in [2.24, 2.45) is 0 Å². The zero-order valence-corrected chi connectivity index (χ0v) is 14.5. The summed E-state index contributed by atoms with van der Waals surface area (Å²) in [7, 11) is 4.69. The molecule has 0 bridgehead atoms. The zero-order valence-electron chi connectivity index (χ0n) is 14.5. The Balaban J connectivity index is 4.19. The highest BCUT2D eigenvalue weighted by Crippen LogP contribution is 2.29. The van der Waals surface area contributed by atoms with Gasteiger partial charge in [-0.25, -0.2) is 0 Å². The van der Waals surface area contributed by atoms with E-state index >= 15 is 0 Å². The standard InChI is InChI=1S/C16H21B3O5/c1-7-8(2)14(22)16(24)11(18)10(20)6-4-3-5-9(17)15(23)12(19)13(7)21/h3-6,20-24H,17-19H2,1-2H3. The van der Waals surface area contributed by atoms with Gasteiger partial charge in [0.1, 0.15) is 40.8 Å². The van der Waals surface area contributed by atoms with E-state index in [9.17, 15) is 25.5 Å². The van der Waals surface area contributed by atoms with E-state index in [0.717, 1.165) is 0 Å². The van der Waals surface area contributed by atoms with Crippen molar-refractivity contribution in [2.45, 2.75) is 13.8 Å². The van der Waals surface area contributed by atoms with E-state index < -0.39 is 11.5 Å². The van der Waals surface area contributed by atoms with Gasteiger partial charge in [0.05, 0.1) is 0 Å². The molecular weight excluding hydrogens is 305 g/mol. The van der Waals surface area contributed by atoms with Crippen LogP contribution in [0.15, 0.2) is 24.3 Å². The molecule has 24 heavy (non-hydrogen) atoms. The van der Waals surface area contributed by atoms with Gasteiger partial charge < -0.3 is 25.5 Å². The highest BCUT2D eigenvalue weighted by atomic mass is 16.3. The van der Waals surface area contributed by atoms with Crippen LogP contribution in [0.4, 0.5) is 0 Å². The minimum atomic E-state index is -0.489. The van der Waals surface area contributed by atoms with Gasteiger partial charge in [-0.1, -0.05) is 18.2 Å². The van der Waals surface area contributed by atoms with Gasteiger partial charge in [-0.15, -0.1) is 0 Å². The van der Waals surface area contributed by atoms with Crippen molar-refractivity contribution in [3.05, 3.63) is 35.4 Å². The van der Waals surface area contributed by atoms with Crippen molar-refractivity contribution in [2.75, 3.05) is 0 Å². The molecule has 8 heteroatoms. The average molecular weight is 326 g/mol. The van der Waals surface area contributed by atoms with Crippen LogP contribution < -0.4 is 16.4 Å². The van der Waals surface area contributed by atoms with E-state index in [1.807, 2.05) is 0 Å². The van der Waals surface area contributed by atoms with Crippen LogP contribution in [0.25, 0.3) is 0 Å². The second kappa shape index (κ2) is 7.77. The first kappa shape index (κ1) is 19.4. The second-order valence-electron chi connectivity index (χ2n) is 5.68. The van der Waals surface area contributed by atoms with Crippen molar-refractivity contribution in [1.82, 2.24) is 0 Å². The molecule has 0 aromatic heterocycles. The van der Waals surface area contributed by atoms with Crippen LogP contribution in [0.3, 0.4) is 0 Å². The quantitative estimate of drug-likeness (QED) is 0.350. The molecule has 0 unspecified atom stereocenters. The highest BCUT2D eigenvalue weighted by Gasteiger charge is 2.10. The summed E-state index contributed by atoms with van der Waals surface area (Å²) in [5.41, 5.74) is 1.38. The summed E-state index contributed by atoms with van der Waals surface area (Å²) in [4.78, 5) is 0. The molecule has 0 heterocycles. The van der Waals surface area contributed by atoms with E-state index in [1.165, 1.54) is 26.9 Å². The Morgan fingerprint density at radius 2 is 1.12 bits per heavy atom. The molecule has 1 aromatic rings. The van der Waals surface area contributed by atoms with Crippen LogP contribution in [-0.2, 0) is 0 Å². The summed E-state index contributed by atoms with van der Waals surface area (Å²) in [5.74, 6) is -1.46. The first-order chi connectivity index (χ1) is 11.1. The first-order valence-corrected chi connectivity index (χ1v) is 7.45. The molecule has 0 saturated heterocycles. The lowest BCUT2D eigenvalue weighted by Crippen LogP contribution is -2.12. The third-order valence-corrected chi connectivity index (χ3v) is 4.03. The third-order valence-electron chi connectivity index (χ3n) is 4.03. The topological polar surface area (TPSA) is 101 Å². The molecule has 1 rings (SSSR count).